The van der Waals surface area contributed by atoms with Crippen molar-refractivity contribution in [3.63, 3.8) is 0 Å². The molecule has 1 aliphatic rings. The molecule has 0 unspecified atom stereocenters. The second-order valence-electron chi connectivity index (χ2n) is 5.34. The average molecular weight is 306 g/mol. The van der Waals surface area contributed by atoms with Crippen LogP contribution < -0.4 is 5.32 Å². The third kappa shape index (κ3) is 5.37. The Kier molecular flexibility index (Phi) is 6.21. The molecule has 1 atom stereocenters. The smallest absolute Gasteiger partial charge is 0.410 e. The number of carbonyl (C=O) groups excluding carboxylic acids is 2. The maximum Gasteiger partial charge on any atom is 0.410 e. The van der Waals surface area contributed by atoms with Crippen LogP contribution in [0.5, 0.6) is 0 Å². The van der Waals surface area contributed by atoms with Crippen molar-refractivity contribution in [1.82, 2.24) is 10.2 Å². The maximum absolute atomic E-state index is 11.8. The summed E-state index contributed by atoms with van der Waals surface area (Å²) >= 11 is 0. The zero-order valence-electron chi connectivity index (χ0n) is 12.8. The standard InChI is InChI=1S/C16H22N2O4/c1-18(11-15(19)17-10-14-8-5-9-21-14)16(20)22-12-13-6-3-2-4-7-13/h2-4,6-7,14H,5,8-12H2,1H3,(H,17,19)/t14-/m0/s1. The Balaban J connectivity index is 1.65. The summed E-state index contributed by atoms with van der Waals surface area (Å²) in [5.41, 5.74) is 0.909. The second-order valence-corrected chi connectivity index (χ2v) is 5.34. The predicted octanol–water partition coefficient (Wildman–Crippen LogP) is 1.55. The molecule has 0 radical (unpaired) electrons. The fourth-order valence-corrected chi connectivity index (χ4v) is 2.20. The van der Waals surface area contributed by atoms with Crippen LogP contribution in [0.3, 0.4) is 0 Å². The van der Waals surface area contributed by atoms with Crippen LogP contribution >= 0.6 is 0 Å². The summed E-state index contributed by atoms with van der Waals surface area (Å²) in [6, 6.07) is 9.41. The first-order valence-electron chi connectivity index (χ1n) is 7.45. The summed E-state index contributed by atoms with van der Waals surface area (Å²) < 4.78 is 10.6. The first kappa shape index (κ1) is 16.3. The highest BCUT2D eigenvalue weighted by molar-refractivity contribution is 5.82. The zero-order valence-corrected chi connectivity index (χ0v) is 12.8. The van der Waals surface area contributed by atoms with Crippen LogP contribution in [0.25, 0.3) is 0 Å². The summed E-state index contributed by atoms with van der Waals surface area (Å²) in [6.07, 6.45) is 1.58. The van der Waals surface area contributed by atoms with Crippen LogP contribution in [0.4, 0.5) is 4.79 Å². The molecule has 2 amide bonds. The Morgan fingerprint density at radius 3 is 2.82 bits per heavy atom. The Morgan fingerprint density at radius 1 is 1.36 bits per heavy atom. The molecule has 120 valence electrons. The summed E-state index contributed by atoms with van der Waals surface area (Å²) in [5.74, 6) is -0.213. The van der Waals surface area contributed by atoms with Gasteiger partial charge in [-0.3, -0.25) is 4.79 Å². The van der Waals surface area contributed by atoms with Gasteiger partial charge in [-0.1, -0.05) is 30.3 Å². The topological polar surface area (TPSA) is 67.9 Å². The molecule has 1 N–H and O–H groups in total. The molecular formula is C16H22N2O4. The Labute approximate surface area is 130 Å². The number of nitrogens with zero attached hydrogens (tertiary/aromatic N) is 1. The van der Waals surface area contributed by atoms with E-state index in [2.05, 4.69) is 5.32 Å². The molecule has 1 aromatic carbocycles. The van der Waals surface area contributed by atoms with Gasteiger partial charge in [-0.25, -0.2) is 4.79 Å². The maximum atomic E-state index is 11.8. The number of hydrogen-bond acceptors (Lipinski definition) is 4. The van der Waals surface area contributed by atoms with E-state index in [1.165, 1.54) is 4.90 Å². The molecule has 1 heterocycles. The van der Waals surface area contributed by atoms with Crippen LogP contribution in [-0.2, 0) is 20.9 Å². The summed E-state index contributed by atoms with van der Waals surface area (Å²) in [6.45, 7) is 1.42. The van der Waals surface area contributed by atoms with Gasteiger partial charge in [-0.15, -0.1) is 0 Å². The van der Waals surface area contributed by atoms with Crippen LogP contribution in [0, 0.1) is 0 Å². The summed E-state index contributed by atoms with van der Waals surface area (Å²) in [4.78, 5) is 24.8. The molecule has 0 aliphatic carbocycles. The first-order valence-corrected chi connectivity index (χ1v) is 7.45. The van der Waals surface area contributed by atoms with Gasteiger partial charge in [0.1, 0.15) is 13.2 Å². The quantitative estimate of drug-likeness (QED) is 0.866. The number of carbonyl (C=O) groups is 2. The van der Waals surface area contributed by atoms with Gasteiger partial charge in [0.05, 0.1) is 6.10 Å². The average Bonchev–Trinajstić information content (AvgIpc) is 3.05. The van der Waals surface area contributed by atoms with Gasteiger partial charge in [0.15, 0.2) is 0 Å². The lowest BCUT2D eigenvalue weighted by Gasteiger charge is -2.17. The largest absolute Gasteiger partial charge is 0.445 e. The number of benzene rings is 1. The van der Waals surface area contributed by atoms with Gasteiger partial charge in [-0.05, 0) is 18.4 Å². The van der Waals surface area contributed by atoms with E-state index in [0.717, 1.165) is 25.0 Å². The second kappa shape index (κ2) is 8.38. The monoisotopic (exact) mass is 306 g/mol. The van der Waals surface area contributed by atoms with E-state index in [1.54, 1.807) is 7.05 Å². The van der Waals surface area contributed by atoms with Crippen molar-refractivity contribution >= 4 is 12.0 Å². The molecule has 2 rings (SSSR count). The zero-order chi connectivity index (χ0) is 15.8. The van der Waals surface area contributed by atoms with Gasteiger partial charge in [0.2, 0.25) is 5.91 Å². The number of rotatable bonds is 6. The van der Waals surface area contributed by atoms with Crippen molar-refractivity contribution in [1.29, 1.82) is 0 Å². The van der Waals surface area contributed by atoms with E-state index in [9.17, 15) is 9.59 Å². The predicted molar refractivity (Wildman–Crippen MR) is 81.2 cm³/mol. The lowest BCUT2D eigenvalue weighted by Crippen LogP contribution is -2.41. The molecule has 6 nitrogen and oxygen atoms in total. The van der Waals surface area contributed by atoms with E-state index in [4.69, 9.17) is 9.47 Å². The van der Waals surface area contributed by atoms with Crippen LogP contribution in [-0.4, -0.2) is 49.7 Å². The van der Waals surface area contributed by atoms with Crippen molar-refractivity contribution in [2.75, 3.05) is 26.7 Å². The van der Waals surface area contributed by atoms with E-state index in [1.807, 2.05) is 30.3 Å². The highest BCUT2D eigenvalue weighted by Gasteiger charge is 2.18. The number of nitrogens with one attached hydrogen (secondary N) is 1. The molecule has 1 saturated heterocycles. The molecule has 1 fully saturated rings. The summed E-state index contributed by atoms with van der Waals surface area (Å²) in [7, 11) is 1.54. The number of likely N-dealkylation sites (N-methyl/N-ethyl adjacent to an activating group) is 1. The van der Waals surface area contributed by atoms with Crippen LogP contribution in [0.1, 0.15) is 18.4 Å². The minimum absolute atomic E-state index is 0.0274. The van der Waals surface area contributed by atoms with Crippen molar-refractivity contribution in [2.45, 2.75) is 25.6 Å². The third-order valence-electron chi connectivity index (χ3n) is 3.45. The fraction of sp³-hybridized carbons (Fsp3) is 0.500. The number of hydrogen-bond donors (Lipinski definition) is 1. The lowest BCUT2D eigenvalue weighted by molar-refractivity contribution is -0.122. The Hall–Kier alpha value is -2.08. The van der Waals surface area contributed by atoms with Gasteiger partial charge < -0.3 is 19.7 Å². The number of ether oxygens (including phenoxy) is 2. The highest BCUT2D eigenvalue weighted by atomic mass is 16.6. The van der Waals surface area contributed by atoms with Gasteiger partial charge in [0.25, 0.3) is 0 Å². The summed E-state index contributed by atoms with van der Waals surface area (Å²) in [5, 5.41) is 2.77. The highest BCUT2D eigenvalue weighted by Crippen LogP contribution is 2.10. The molecule has 0 spiro atoms. The van der Waals surface area contributed by atoms with Gasteiger partial charge in [0, 0.05) is 20.2 Å². The minimum atomic E-state index is -0.517. The van der Waals surface area contributed by atoms with Crippen molar-refractivity contribution < 1.29 is 19.1 Å². The van der Waals surface area contributed by atoms with E-state index >= 15 is 0 Å². The van der Waals surface area contributed by atoms with Gasteiger partial charge >= 0.3 is 6.09 Å². The molecule has 0 aromatic heterocycles. The third-order valence-corrected chi connectivity index (χ3v) is 3.45. The van der Waals surface area contributed by atoms with Crippen LogP contribution in [0.2, 0.25) is 0 Å². The first-order chi connectivity index (χ1) is 10.6. The lowest BCUT2D eigenvalue weighted by atomic mass is 10.2. The minimum Gasteiger partial charge on any atom is -0.445 e. The molecular weight excluding hydrogens is 284 g/mol. The normalized spacial score (nSPS) is 17.0. The van der Waals surface area contributed by atoms with Crippen molar-refractivity contribution in [2.24, 2.45) is 0 Å². The molecule has 6 heteroatoms. The number of amides is 2. The van der Waals surface area contributed by atoms with Crippen LogP contribution in [0.15, 0.2) is 30.3 Å². The molecule has 0 bridgehead atoms. The molecule has 1 aliphatic heterocycles. The molecule has 22 heavy (non-hydrogen) atoms. The van der Waals surface area contributed by atoms with E-state index in [-0.39, 0.29) is 25.2 Å². The Bertz CT molecular complexity index is 486. The van der Waals surface area contributed by atoms with E-state index < -0.39 is 6.09 Å². The SMILES string of the molecule is CN(CC(=O)NC[C@@H]1CCCO1)C(=O)OCc1ccccc1. The van der Waals surface area contributed by atoms with Gasteiger partial charge in [-0.2, -0.15) is 0 Å². The van der Waals surface area contributed by atoms with Crippen molar-refractivity contribution in [3.8, 4) is 0 Å². The molecule has 1 aromatic rings. The van der Waals surface area contributed by atoms with Crippen molar-refractivity contribution in [3.05, 3.63) is 35.9 Å². The fourth-order valence-electron chi connectivity index (χ4n) is 2.20. The molecule has 0 saturated carbocycles. The Morgan fingerprint density at radius 2 is 2.14 bits per heavy atom. The van der Waals surface area contributed by atoms with E-state index in [0.29, 0.717) is 6.54 Å².